The van der Waals surface area contributed by atoms with Crippen LogP contribution in [0.1, 0.15) is 0 Å². The number of benzene rings is 1. The molecule has 0 bridgehead atoms. The van der Waals surface area contributed by atoms with Gasteiger partial charge in [0.15, 0.2) is 0 Å². The number of thioether (sulfide) groups is 1. The lowest BCUT2D eigenvalue weighted by molar-refractivity contribution is -0.274. The zero-order chi connectivity index (χ0) is 11.3. The molecule has 0 atom stereocenters. The molecule has 0 amide bonds. The molecule has 1 aromatic rings. The molecule has 0 saturated heterocycles. The van der Waals surface area contributed by atoms with E-state index in [1.54, 1.807) is 6.07 Å². The van der Waals surface area contributed by atoms with Crippen LogP contribution in [0.4, 0.5) is 13.2 Å². The summed E-state index contributed by atoms with van der Waals surface area (Å²) in [5.74, 6) is 0.897. The predicted molar refractivity (Wildman–Crippen MR) is 54.6 cm³/mol. The zero-order valence-electron chi connectivity index (χ0n) is 7.55. The molecule has 15 heavy (non-hydrogen) atoms. The van der Waals surface area contributed by atoms with Crippen LogP contribution in [-0.4, -0.2) is 18.0 Å². The molecule has 0 aliphatic heterocycles. The summed E-state index contributed by atoms with van der Waals surface area (Å²) in [6, 6.07) is 5.82. The standard InChI is InChI=1S/C9H8ClF3OS/c10-4-5-15-8-3-1-2-7(6-8)14-9(11,12)13/h1-3,6H,4-5H2. The molecular weight excluding hydrogens is 249 g/mol. The Morgan fingerprint density at radius 1 is 1.33 bits per heavy atom. The van der Waals surface area contributed by atoms with Crippen molar-refractivity contribution in [2.45, 2.75) is 11.3 Å². The van der Waals surface area contributed by atoms with E-state index in [1.165, 1.54) is 30.0 Å². The van der Waals surface area contributed by atoms with Gasteiger partial charge in [-0.25, -0.2) is 0 Å². The maximum absolute atomic E-state index is 11.9. The first kappa shape index (κ1) is 12.5. The first-order chi connectivity index (χ1) is 7.01. The van der Waals surface area contributed by atoms with Gasteiger partial charge in [-0.3, -0.25) is 0 Å². The molecule has 0 aliphatic rings. The Kier molecular flexibility index (Phi) is 4.60. The summed E-state index contributed by atoms with van der Waals surface area (Å²) in [7, 11) is 0. The minimum absolute atomic E-state index is 0.206. The molecule has 0 fully saturated rings. The predicted octanol–water partition coefficient (Wildman–Crippen LogP) is 3.92. The molecule has 0 N–H and O–H groups in total. The average Bonchev–Trinajstić information content (AvgIpc) is 2.12. The normalized spacial score (nSPS) is 11.5. The van der Waals surface area contributed by atoms with Gasteiger partial charge in [0.05, 0.1) is 0 Å². The number of alkyl halides is 4. The lowest BCUT2D eigenvalue weighted by Gasteiger charge is -2.09. The number of halogens is 4. The van der Waals surface area contributed by atoms with E-state index in [9.17, 15) is 13.2 Å². The minimum atomic E-state index is -4.64. The van der Waals surface area contributed by atoms with Crippen LogP contribution in [-0.2, 0) is 0 Å². The van der Waals surface area contributed by atoms with E-state index in [0.29, 0.717) is 16.5 Å². The van der Waals surface area contributed by atoms with Crippen molar-refractivity contribution in [1.29, 1.82) is 0 Å². The summed E-state index contributed by atoms with van der Waals surface area (Å²) < 4.78 is 39.4. The summed E-state index contributed by atoms with van der Waals surface area (Å²) in [5.41, 5.74) is 0. The Balaban J connectivity index is 2.66. The third-order valence-electron chi connectivity index (χ3n) is 1.38. The maximum Gasteiger partial charge on any atom is 0.573 e. The highest BCUT2D eigenvalue weighted by atomic mass is 35.5. The van der Waals surface area contributed by atoms with E-state index >= 15 is 0 Å². The Morgan fingerprint density at radius 3 is 2.67 bits per heavy atom. The highest BCUT2D eigenvalue weighted by molar-refractivity contribution is 7.99. The molecule has 0 saturated carbocycles. The Labute approximate surface area is 94.6 Å². The third-order valence-corrected chi connectivity index (χ3v) is 2.79. The van der Waals surface area contributed by atoms with Gasteiger partial charge < -0.3 is 4.74 Å². The molecule has 0 spiro atoms. The van der Waals surface area contributed by atoms with Gasteiger partial charge in [0.2, 0.25) is 0 Å². The van der Waals surface area contributed by atoms with Crippen LogP contribution >= 0.6 is 23.4 Å². The van der Waals surface area contributed by atoms with Crippen LogP contribution < -0.4 is 4.74 Å². The lowest BCUT2D eigenvalue weighted by atomic mass is 10.3. The Morgan fingerprint density at radius 2 is 2.07 bits per heavy atom. The van der Waals surface area contributed by atoms with Crippen molar-refractivity contribution in [1.82, 2.24) is 0 Å². The van der Waals surface area contributed by atoms with Crippen LogP contribution in [0.5, 0.6) is 5.75 Å². The van der Waals surface area contributed by atoms with Crippen LogP contribution in [0.25, 0.3) is 0 Å². The minimum Gasteiger partial charge on any atom is -0.406 e. The summed E-state index contributed by atoms with van der Waals surface area (Å²) in [4.78, 5) is 0.706. The Bertz CT molecular complexity index is 316. The maximum atomic E-state index is 11.9. The summed E-state index contributed by atoms with van der Waals surface area (Å²) in [6.07, 6.45) is -4.64. The first-order valence-electron chi connectivity index (χ1n) is 4.06. The van der Waals surface area contributed by atoms with Crippen LogP contribution in [0.15, 0.2) is 29.2 Å². The van der Waals surface area contributed by atoms with Gasteiger partial charge in [0, 0.05) is 16.5 Å². The second-order valence-electron chi connectivity index (χ2n) is 2.56. The van der Waals surface area contributed by atoms with Crippen molar-refractivity contribution in [3.05, 3.63) is 24.3 Å². The van der Waals surface area contributed by atoms with Gasteiger partial charge in [0.25, 0.3) is 0 Å². The van der Waals surface area contributed by atoms with Gasteiger partial charge >= 0.3 is 6.36 Å². The molecule has 84 valence electrons. The van der Waals surface area contributed by atoms with E-state index in [1.807, 2.05) is 0 Å². The van der Waals surface area contributed by atoms with Crippen molar-refractivity contribution < 1.29 is 17.9 Å². The van der Waals surface area contributed by atoms with E-state index in [4.69, 9.17) is 11.6 Å². The van der Waals surface area contributed by atoms with Crippen molar-refractivity contribution in [2.75, 3.05) is 11.6 Å². The molecule has 0 unspecified atom stereocenters. The SMILES string of the molecule is FC(F)(F)Oc1cccc(SCCCl)c1. The van der Waals surface area contributed by atoms with Crippen LogP contribution in [0.2, 0.25) is 0 Å². The van der Waals surface area contributed by atoms with Gasteiger partial charge in [-0.05, 0) is 18.2 Å². The molecule has 0 radical (unpaired) electrons. The fourth-order valence-corrected chi connectivity index (χ4v) is 1.84. The molecule has 0 heterocycles. The summed E-state index contributed by atoms with van der Waals surface area (Å²) in [6.45, 7) is 0. The second-order valence-corrected chi connectivity index (χ2v) is 4.11. The number of hydrogen-bond acceptors (Lipinski definition) is 2. The van der Waals surface area contributed by atoms with Gasteiger partial charge in [-0.1, -0.05) is 6.07 Å². The van der Waals surface area contributed by atoms with Crippen LogP contribution in [0.3, 0.4) is 0 Å². The second kappa shape index (κ2) is 5.51. The molecule has 1 nitrogen and oxygen atoms in total. The largest absolute Gasteiger partial charge is 0.573 e. The fraction of sp³-hybridized carbons (Fsp3) is 0.333. The highest BCUT2D eigenvalue weighted by Crippen LogP contribution is 2.27. The van der Waals surface area contributed by atoms with Gasteiger partial charge in [0.1, 0.15) is 5.75 Å². The van der Waals surface area contributed by atoms with E-state index in [2.05, 4.69) is 4.74 Å². The van der Waals surface area contributed by atoms with Crippen molar-refractivity contribution >= 4 is 23.4 Å². The van der Waals surface area contributed by atoms with Crippen molar-refractivity contribution in [3.8, 4) is 5.75 Å². The van der Waals surface area contributed by atoms with E-state index in [-0.39, 0.29) is 5.75 Å². The lowest BCUT2D eigenvalue weighted by Crippen LogP contribution is -2.17. The topological polar surface area (TPSA) is 9.23 Å². The van der Waals surface area contributed by atoms with Crippen molar-refractivity contribution in [2.24, 2.45) is 0 Å². The average molecular weight is 257 g/mol. The van der Waals surface area contributed by atoms with E-state index in [0.717, 1.165) is 0 Å². The van der Waals surface area contributed by atoms with Crippen LogP contribution in [0, 0.1) is 0 Å². The highest BCUT2D eigenvalue weighted by Gasteiger charge is 2.31. The fourth-order valence-electron chi connectivity index (χ4n) is 0.918. The smallest absolute Gasteiger partial charge is 0.406 e. The first-order valence-corrected chi connectivity index (χ1v) is 5.58. The van der Waals surface area contributed by atoms with Gasteiger partial charge in [-0.15, -0.1) is 36.5 Å². The van der Waals surface area contributed by atoms with Gasteiger partial charge in [-0.2, -0.15) is 0 Å². The molecule has 0 aliphatic carbocycles. The Hall–Kier alpha value is -0.550. The molecule has 0 aromatic heterocycles. The quantitative estimate of drug-likeness (QED) is 0.597. The van der Waals surface area contributed by atoms with E-state index < -0.39 is 6.36 Å². The van der Waals surface area contributed by atoms with Crippen molar-refractivity contribution in [3.63, 3.8) is 0 Å². The number of hydrogen-bond donors (Lipinski definition) is 0. The number of ether oxygens (including phenoxy) is 1. The molecule has 1 rings (SSSR count). The molecule has 1 aromatic carbocycles. The summed E-state index contributed by atoms with van der Waals surface area (Å²) >= 11 is 6.85. The summed E-state index contributed by atoms with van der Waals surface area (Å²) in [5, 5.41) is 0. The molecular formula is C9H8ClF3OS. The number of rotatable bonds is 4. The molecule has 6 heteroatoms. The monoisotopic (exact) mass is 256 g/mol. The third kappa shape index (κ3) is 5.18. The zero-order valence-corrected chi connectivity index (χ0v) is 9.12.